The lowest BCUT2D eigenvalue weighted by Gasteiger charge is -2.35. The Kier molecular flexibility index (Phi) is 10.3. The van der Waals surface area contributed by atoms with E-state index in [1.54, 1.807) is 12.1 Å². The summed E-state index contributed by atoms with van der Waals surface area (Å²) >= 11 is 12.5. The first-order valence-electron chi connectivity index (χ1n) is 13.4. The van der Waals surface area contributed by atoms with Gasteiger partial charge in [-0.2, -0.15) is 0 Å². The topological polar surface area (TPSA) is 69.9 Å². The highest BCUT2D eigenvalue weighted by molar-refractivity contribution is 6.42. The number of primary amides is 1. The van der Waals surface area contributed by atoms with Gasteiger partial charge in [-0.15, -0.1) is 0 Å². The van der Waals surface area contributed by atoms with Crippen LogP contribution in [0.5, 0.6) is 0 Å². The molecule has 8 heteroatoms. The Bertz CT molecular complexity index is 1040. The Hall–Kier alpha value is -2.12. The maximum absolute atomic E-state index is 13.6. The molecule has 4 rings (SSSR count). The molecule has 2 heterocycles. The predicted molar refractivity (Wildman–Crippen MR) is 151 cm³/mol. The molecule has 0 aliphatic carbocycles. The zero-order valence-corrected chi connectivity index (χ0v) is 23.0. The number of nitrogens with two attached hydrogens (primary N) is 1. The number of nitrogens with zero attached hydrogens (tertiary/aromatic N) is 3. The van der Waals surface area contributed by atoms with E-state index in [9.17, 15) is 9.59 Å². The van der Waals surface area contributed by atoms with Crippen molar-refractivity contribution in [3.8, 4) is 0 Å². The fraction of sp³-hybridized carbons (Fsp3) is 0.517. The molecule has 0 aromatic heterocycles. The minimum atomic E-state index is -0.327. The number of hydrogen-bond donors (Lipinski definition) is 1. The molecular formula is C29H38Cl2N4O2. The Balaban J connectivity index is 1.31. The van der Waals surface area contributed by atoms with Gasteiger partial charge in [-0.05, 0) is 101 Å². The number of halogens is 2. The lowest BCUT2D eigenvalue weighted by molar-refractivity contribution is -0.124. The smallest absolute Gasteiger partial charge is 0.231 e. The molecule has 200 valence electrons. The Morgan fingerprint density at radius 1 is 0.892 bits per heavy atom. The van der Waals surface area contributed by atoms with Crippen molar-refractivity contribution in [1.29, 1.82) is 0 Å². The molecule has 0 saturated carbocycles. The maximum Gasteiger partial charge on any atom is 0.231 e. The number of likely N-dealkylation sites (tertiary alicyclic amines) is 2. The van der Waals surface area contributed by atoms with Crippen LogP contribution < -0.4 is 10.6 Å². The molecule has 0 spiro atoms. The van der Waals surface area contributed by atoms with Crippen molar-refractivity contribution in [2.45, 2.75) is 38.5 Å². The molecule has 2 amide bonds. The van der Waals surface area contributed by atoms with E-state index in [1.807, 2.05) is 15.9 Å². The van der Waals surface area contributed by atoms with E-state index in [4.69, 9.17) is 28.9 Å². The lowest BCUT2D eigenvalue weighted by Crippen LogP contribution is -2.45. The molecule has 2 aliphatic rings. The quantitative estimate of drug-likeness (QED) is 0.463. The second kappa shape index (κ2) is 13.6. The van der Waals surface area contributed by atoms with Gasteiger partial charge in [0.2, 0.25) is 11.8 Å². The Morgan fingerprint density at radius 2 is 1.57 bits per heavy atom. The highest BCUT2D eigenvalue weighted by Crippen LogP contribution is 2.30. The van der Waals surface area contributed by atoms with Crippen molar-refractivity contribution < 1.29 is 9.59 Å². The maximum atomic E-state index is 13.6. The van der Waals surface area contributed by atoms with Crippen LogP contribution in [0.1, 0.15) is 37.7 Å². The van der Waals surface area contributed by atoms with Crippen LogP contribution in [0, 0.1) is 11.8 Å². The monoisotopic (exact) mass is 544 g/mol. The second-order valence-electron chi connectivity index (χ2n) is 10.4. The number of carbonyl (C=O) groups excluding carboxylic acids is 2. The number of anilines is 1. The van der Waals surface area contributed by atoms with Gasteiger partial charge in [0, 0.05) is 18.2 Å². The summed E-state index contributed by atoms with van der Waals surface area (Å²) in [4.78, 5) is 31.4. The molecule has 2 saturated heterocycles. The van der Waals surface area contributed by atoms with Crippen LogP contribution in [0.4, 0.5) is 5.69 Å². The summed E-state index contributed by atoms with van der Waals surface area (Å²) in [7, 11) is 0. The molecule has 0 radical (unpaired) electrons. The van der Waals surface area contributed by atoms with Crippen LogP contribution >= 0.6 is 23.2 Å². The van der Waals surface area contributed by atoms with E-state index in [0.29, 0.717) is 29.7 Å². The van der Waals surface area contributed by atoms with E-state index in [-0.39, 0.29) is 24.3 Å². The first-order chi connectivity index (χ1) is 17.9. The number of amides is 2. The molecule has 2 fully saturated rings. The van der Waals surface area contributed by atoms with Gasteiger partial charge >= 0.3 is 0 Å². The zero-order valence-electron chi connectivity index (χ0n) is 21.5. The molecule has 2 aliphatic heterocycles. The van der Waals surface area contributed by atoms with Gasteiger partial charge in [-0.3, -0.25) is 14.5 Å². The van der Waals surface area contributed by atoms with Crippen molar-refractivity contribution in [3.63, 3.8) is 0 Å². The molecule has 37 heavy (non-hydrogen) atoms. The minimum absolute atomic E-state index is 0.0766. The average Bonchev–Trinajstić information content (AvgIpc) is 2.90. The fourth-order valence-corrected chi connectivity index (χ4v) is 5.90. The van der Waals surface area contributed by atoms with Crippen molar-refractivity contribution >= 4 is 40.7 Å². The highest BCUT2D eigenvalue weighted by atomic mass is 35.5. The Labute approximate surface area is 230 Å². The molecule has 2 aromatic rings. The number of hydrogen-bond acceptors (Lipinski definition) is 4. The van der Waals surface area contributed by atoms with E-state index in [1.165, 1.54) is 18.4 Å². The third kappa shape index (κ3) is 8.18. The van der Waals surface area contributed by atoms with Crippen LogP contribution in [0.15, 0.2) is 48.5 Å². The fourth-order valence-electron chi connectivity index (χ4n) is 5.61. The van der Waals surface area contributed by atoms with Gasteiger partial charge in [0.15, 0.2) is 0 Å². The van der Waals surface area contributed by atoms with Crippen molar-refractivity contribution in [3.05, 3.63) is 64.1 Å². The second-order valence-corrected chi connectivity index (χ2v) is 11.2. The summed E-state index contributed by atoms with van der Waals surface area (Å²) in [6.07, 6.45) is 5.93. The third-order valence-corrected chi connectivity index (χ3v) is 8.47. The van der Waals surface area contributed by atoms with Gasteiger partial charge in [-0.25, -0.2) is 0 Å². The predicted octanol–water partition coefficient (Wildman–Crippen LogP) is 4.87. The van der Waals surface area contributed by atoms with E-state index < -0.39 is 0 Å². The van der Waals surface area contributed by atoms with E-state index in [2.05, 4.69) is 35.2 Å². The van der Waals surface area contributed by atoms with Gasteiger partial charge in [0.1, 0.15) is 0 Å². The molecule has 0 atom stereocenters. The number of benzene rings is 2. The van der Waals surface area contributed by atoms with E-state index in [0.717, 1.165) is 56.9 Å². The average molecular weight is 546 g/mol. The van der Waals surface area contributed by atoms with Gasteiger partial charge in [0.05, 0.1) is 16.6 Å². The molecule has 2 aromatic carbocycles. The zero-order chi connectivity index (χ0) is 26.2. The summed E-state index contributed by atoms with van der Waals surface area (Å²) in [6.45, 7) is 5.48. The largest absolute Gasteiger partial charge is 0.369 e. The van der Waals surface area contributed by atoms with Crippen molar-refractivity contribution in [2.75, 3.05) is 50.7 Å². The first-order valence-corrected chi connectivity index (χ1v) is 14.2. The van der Waals surface area contributed by atoms with Crippen molar-refractivity contribution in [1.82, 2.24) is 9.80 Å². The van der Waals surface area contributed by atoms with Crippen LogP contribution in [0.25, 0.3) is 0 Å². The van der Waals surface area contributed by atoms with Crippen LogP contribution in [-0.2, 0) is 16.0 Å². The molecular weight excluding hydrogens is 507 g/mol. The lowest BCUT2D eigenvalue weighted by atomic mass is 9.90. The highest BCUT2D eigenvalue weighted by Gasteiger charge is 2.30. The normalized spacial score (nSPS) is 18.1. The van der Waals surface area contributed by atoms with Gasteiger partial charge < -0.3 is 15.5 Å². The summed E-state index contributed by atoms with van der Waals surface area (Å²) in [5, 5.41) is 0.935. The van der Waals surface area contributed by atoms with Crippen LogP contribution in [-0.4, -0.2) is 67.4 Å². The van der Waals surface area contributed by atoms with Crippen LogP contribution in [0.2, 0.25) is 10.0 Å². The molecule has 0 bridgehead atoms. The molecule has 2 N–H and O–H groups in total. The van der Waals surface area contributed by atoms with Crippen LogP contribution in [0.3, 0.4) is 0 Å². The summed E-state index contributed by atoms with van der Waals surface area (Å²) in [6, 6.07) is 16.2. The van der Waals surface area contributed by atoms with Gasteiger partial charge in [-0.1, -0.05) is 53.5 Å². The number of carbonyl (C=O) groups is 2. The Morgan fingerprint density at radius 3 is 2.22 bits per heavy atom. The van der Waals surface area contributed by atoms with Gasteiger partial charge in [0.25, 0.3) is 0 Å². The number of piperidine rings is 2. The van der Waals surface area contributed by atoms with E-state index >= 15 is 0 Å². The summed E-state index contributed by atoms with van der Waals surface area (Å²) in [5.41, 5.74) is 7.56. The minimum Gasteiger partial charge on any atom is -0.369 e. The summed E-state index contributed by atoms with van der Waals surface area (Å²) < 4.78 is 0. The SMILES string of the molecule is NC(=O)CN1CCC(C(=O)N(CCCN2CCC(Cc3ccccc3)CC2)c2ccc(Cl)c(Cl)c2)CC1. The summed E-state index contributed by atoms with van der Waals surface area (Å²) in [5.74, 6) is 0.464. The van der Waals surface area contributed by atoms with Crippen molar-refractivity contribution in [2.24, 2.45) is 17.6 Å². The standard InChI is InChI=1S/C29H38Cl2N4O2/c30-26-8-7-25(20-27(26)31)35(29(37)24-11-17-34(18-12-24)21-28(32)36)14-4-13-33-15-9-23(10-16-33)19-22-5-2-1-3-6-22/h1-3,5-8,20,23-24H,4,9-19,21H2,(H2,32,36). The molecule has 6 nitrogen and oxygen atoms in total. The third-order valence-electron chi connectivity index (χ3n) is 7.73. The number of rotatable bonds is 10. The molecule has 0 unspecified atom stereocenters. The first kappa shape index (κ1) is 27.9.